The fourth-order valence-electron chi connectivity index (χ4n) is 2.33. The van der Waals surface area contributed by atoms with Crippen LogP contribution in [-0.4, -0.2) is 9.78 Å². The summed E-state index contributed by atoms with van der Waals surface area (Å²) in [6, 6.07) is 20.6. The zero-order chi connectivity index (χ0) is 13.9. The molecule has 0 fully saturated rings. The molecule has 0 radical (unpaired) electrons. The van der Waals surface area contributed by atoms with Crippen molar-refractivity contribution >= 4 is 0 Å². The molecule has 0 aliphatic rings. The number of hydrogen-bond acceptors (Lipinski definition) is 2. The summed E-state index contributed by atoms with van der Waals surface area (Å²) in [6.45, 7) is 2.53. The molecule has 3 aromatic rings. The summed E-state index contributed by atoms with van der Waals surface area (Å²) in [7, 11) is 0. The molecule has 3 heteroatoms. The number of hydrogen-bond donors (Lipinski definition) is 1. The first-order chi connectivity index (χ1) is 9.79. The van der Waals surface area contributed by atoms with Crippen LogP contribution in [0.15, 0.2) is 60.7 Å². The summed E-state index contributed by atoms with van der Waals surface area (Å²) >= 11 is 0. The minimum Gasteiger partial charge on any atom is -0.325 e. The molecule has 0 aliphatic carbocycles. The molecule has 1 aromatic heterocycles. The highest BCUT2D eigenvalue weighted by molar-refractivity contribution is 5.63. The summed E-state index contributed by atoms with van der Waals surface area (Å²) in [4.78, 5) is 0. The van der Waals surface area contributed by atoms with Gasteiger partial charge in [-0.05, 0) is 24.6 Å². The fourth-order valence-corrected chi connectivity index (χ4v) is 2.33. The molecule has 0 unspecified atom stereocenters. The standard InChI is InChI=1S/C17H17N3/c1-13-7-5-6-10-16(13)20-17(11-15(12-18)19-20)14-8-3-2-4-9-14/h2-11H,12,18H2,1H3. The number of rotatable bonds is 3. The zero-order valence-electron chi connectivity index (χ0n) is 11.5. The number of benzene rings is 2. The molecule has 0 bridgehead atoms. The van der Waals surface area contributed by atoms with Crippen molar-refractivity contribution in [2.75, 3.05) is 0 Å². The maximum absolute atomic E-state index is 5.75. The van der Waals surface area contributed by atoms with Gasteiger partial charge in [0.05, 0.1) is 17.1 Å². The maximum atomic E-state index is 5.75. The van der Waals surface area contributed by atoms with Crippen LogP contribution < -0.4 is 5.73 Å². The average Bonchev–Trinajstić information content (AvgIpc) is 2.93. The van der Waals surface area contributed by atoms with Crippen molar-refractivity contribution in [1.82, 2.24) is 9.78 Å². The molecule has 1 heterocycles. The van der Waals surface area contributed by atoms with Gasteiger partial charge in [0.25, 0.3) is 0 Å². The zero-order valence-corrected chi connectivity index (χ0v) is 11.5. The van der Waals surface area contributed by atoms with E-state index in [0.29, 0.717) is 6.54 Å². The summed E-state index contributed by atoms with van der Waals surface area (Å²) in [5.74, 6) is 0. The molecule has 2 N–H and O–H groups in total. The molecular weight excluding hydrogens is 246 g/mol. The lowest BCUT2D eigenvalue weighted by Gasteiger charge is -2.10. The molecule has 100 valence electrons. The smallest absolute Gasteiger partial charge is 0.0771 e. The van der Waals surface area contributed by atoms with Crippen LogP contribution >= 0.6 is 0 Å². The number of nitrogens with zero attached hydrogens (tertiary/aromatic N) is 2. The number of para-hydroxylation sites is 1. The van der Waals surface area contributed by atoms with E-state index in [0.717, 1.165) is 22.6 Å². The van der Waals surface area contributed by atoms with E-state index in [1.807, 2.05) is 35.0 Å². The molecule has 0 amide bonds. The van der Waals surface area contributed by atoms with Gasteiger partial charge in [0.15, 0.2) is 0 Å². The number of nitrogens with two attached hydrogens (primary N) is 1. The van der Waals surface area contributed by atoms with E-state index in [4.69, 9.17) is 5.73 Å². The lowest BCUT2D eigenvalue weighted by atomic mass is 10.1. The van der Waals surface area contributed by atoms with Gasteiger partial charge in [-0.25, -0.2) is 4.68 Å². The molecule has 0 atom stereocenters. The van der Waals surface area contributed by atoms with Crippen LogP contribution in [0.25, 0.3) is 16.9 Å². The van der Waals surface area contributed by atoms with Gasteiger partial charge >= 0.3 is 0 Å². The third kappa shape index (κ3) is 2.24. The Labute approximate surface area is 118 Å². The monoisotopic (exact) mass is 263 g/mol. The van der Waals surface area contributed by atoms with Crippen LogP contribution in [0.5, 0.6) is 0 Å². The van der Waals surface area contributed by atoms with Gasteiger partial charge in [-0.2, -0.15) is 5.10 Å². The Morgan fingerprint density at radius 3 is 2.40 bits per heavy atom. The molecule has 20 heavy (non-hydrogen) atoms. The van der Waals surface area contributed by atoms with Gasteiger partial charge < -0.3 is 5.73 Å². The third-order valence-electron chi connectivity index (χ3n) is 3.38. The van der Waals surface area contributed by atoms with E-state index in [9.17, 15) is 0 Å². The van der Waals surface area contributed by atoms with Gasteiger partial charge in [-0.3, -0.25) is 0 Å². The molecular formula is C17H17N3. The Morgan fingerprint density at radius 2 is 1.70 bits per heavy atom. The Kier molecular flexibility index (Phi) is 3.35. The van der Waals surface area contributed by atoms with E-state index in [-0.39, 0.29) is 0 Å². The highest BCUT2D eigenvalue weighted by atomic mass is 15.3. The minimum atomic E-state index is 0.443. The normalized spacial score (nSPS) is 10.7. The van der Waals surface area contributed by atoms with Crippen LogP contribution in [0.1, 0.15) is 11.3 Å². The van der Waals surface area contributed by atoms with Crippen molar-refractivity contribution in [2.45, 2.75) is 13.5 Å². The lowest BCUT2D eigenvalue weighted by molar-refractivity contribution is 0.833. The largest absolute Gasteiger partial charge is 0.325 e. The Morgan fingerprint density at radius 1 is 1.00 bits per heavy atom. The van der Waals surface area contributed by atoms with Gasteiger partial charge in [0.2, 0.25) is 0 Å². The van der Waals surface area contributed by atoms with Crippen molar-refractivity contribution < 1.29 is 0 Å². The SMILES string of the molecule is Cc1ccccc1-n1nc(CN)cc1-c1ccccc1. The average molecular weight is 263 g/mol. The van der Waals surface area contributed by atoms with E-state index in [1.165, 1.54) is 5.56 Å². The van der Waals surface area contributed by atoms with E-state index >= 15 is 0 Å². The molecule has 2 aromatic carbocycles. The number of aromatic nitrogens is 2. The fraction of sp³-hybridized carbons (Fsp3) is 0.118. The highest BCUT2D eigenvalue weighted by Crippen LogP contribution is 2.25. The van der Waals surface area contributed by atoms with Crippen molar-refractivity contribution in [3.05, 3.63) is 71.9 Å². The molecule has 0 aliphatic heterocycles. The summed E-state index contributed by atoms with van der Waals surface area (Å²) in [5.41, 5.74) is 11.1. The Balaban J connectivity index is 2.21. The van der Waals surface area contributed by atoms with Gasteiger partial charge in [-0.15, -0.1) is 0 Å². The minimum absolute atomic E-state index is 0.443. The predicted molar refractivity (Wildman–Crippen MR) is 81.6 cm³/mol. The first-order valence-corrected chi connectivity index (χ1v) is 6.70. The van der Waals surface area contributed by atoms with Crippen LogP contribution in [0.2, 0.25) is 0 Å². The van der Waals surface area contributed by atoms with Crippen LogP contribution in [0, 0.1) is 6.92 Å². The first-order valence-electron chi connectivity index (χ1n) is 6.70. The second-order valence-electron chi connectivity index (χ2n) is 4.79. The Bertz CT molecular complexity index is 714. The van der Waals surface area contributed by atoms with E-state index < -0.39 is 0 Å². The molecule has 0 saturated heterocycles. The topological polar surface area (TPSA) is 43.8 Å². The maximum Gasteiger partial charge on any atom is 0.0771 e. The van der Waals surface area contributed by atoms with Crippen molar-refractivity contribution in [2.24, 2.45) is 5.73 Å². The summed E-state index contributed by atoms with van der Waals surface area (Å²) in [5, 5.41) is 4.63. The predicted octanol–water partition coefficient (Wildman–Crippen LogP) is 3.31. The molecule has 3 nitrogen and oxygen atoms in total. The number of aryl methyl sites for hydroxylation is 1. The van der Waals surface area contributed by atoms with Crippen molar-refractivity contribution in [3.63, 3.8) is 0 Å². The van der Waals surface area contributed by atoms with Crippen molar-refractivity contribution in [3.8, 4) is 16.9 Å². The molecule has 0 saturated carbocycles. The molecule has 0 spiro atoms. The van der Waals surface area contributed by atoms with Crippen LogP contribution in [0.4, 0.5) is 0 Å². The van der Waals surface area contributed by atoms with Crippen molar-refractivity contribution in [1.29, 1.82) is 0 Å². The third-order valence-corrected chi connectivity index (χ3v) is 3.38. The van der Waals surface area contributed by atoms with Crippen LogP contribution in [0.3, 0.4) is 0 Å². The van der Waals surface area contributed by atoms with E-state index in [2.05, 4.69) is 42.4 Å². The van der Waals surface area contributed by atoms with Gasteiger partial charge in [0.1, 0.15) is 0 Å². The second-order valence-corrected chi connectivity index (χ2v) is 4.79. The lowest BCUT2D eigenvalue weighted by Crippen LogP contribution is -2.03. The highest BCUT2D eigenvalue weighted by Gasteiger charge is 2.11. The van der Waals surface area contributed by atoms with Gasteiger partial charge in [-0.1, -0.05) is 48.5 Å². The van der Waals surface area contributed by atoms with Crippen LogP contribution in [-0.2, 0) is 6.54 Å². The second kappa shape index (κ2) is 5.31. The molecule has 3 rings (SSSR count). The quantitative estimate of drug-likeness (QED) is 0.788. The first kappa shape index (κ1) is 12.6. The van der Waals surface area contributed by atoms with Gasteiger partial charge in [0, 0.05) is 12.1 Å². The summed E-state index contributed by atoms with van der Waals surface area (Å²) in [6.07, 6.45) is 0. The summed E-state index contributed by atoms with van der Waals surface area (Å²) < 4.78 is 1.98. The van der Waals surface area contributed by atoms with E-state index in [1.54, 1.807) is 0 Å². The Hall–Kier alpha value is -2.39.